The summed E-state index contributed by atoms with van der Waals surface area (Å²) >= 11 is 0. The zero-order valence-electron chi connectivity index (χ0n) is 27.4. The maximum atomic E-state index is 13.2. The van der Waals surface area contributed by atoms with E-state index >= 15 is 0 Å². The zero-order valence-corrected chi connectivity index (χ0v) is 27.4. The topological polar surface area (TPSA) is 233 Å². The van der Waals surface area contributed by atoms with Crippen molar-refractivity contribution in [2.75, 3.05) is 59.5 Å². The maximum Gasteiger partial charge on any atom is 0.336 e. The summed E-state index contributed by atoms with van der Waals surface area (Å²) in [6, 6.07) is 0. The van der Waals surface area contributed by atoms with Gasteiger partial charge in [0.1, 0.15) is 38.1 Å². The summed E-state index contributed by atoms with van der Waals surface area (Å²) in [5, 5.41) is 29.9. The molecule has 0 fully saturated rings. The van der Waals surface area contributed by atoms with E-state index in [2.05, 4.69) is 19.7 Å². The summed E-state index contributed by atoms with van der Waals surface area (Å²) in [5.41, 5.74) is -2.54. The molecule has 3 unspecified atom stereocenters. The van der Waals surface area contributed by atoms with Crippen molar-refractivity contribution in [2.24, 2.45) is 0 Å². The highest BCUT2D eigenvalue weighted by molar-refractivity contribution is 5.87. The fourth-order valence-corrected chi connectivity index (χ4v) is 3.41. The van der Waals surface area contributed by atoms with Gasteiger partial charge in [0.25, 0.3) is 0 Å². The summed E-state index contributed by atoms with van der Waals surface area (Å²) in [5.74, 6) is -2.09. The molecule has 3 N–H and O–H groups in total. The van der Waals surface area contributed by atoms with Gasteiger partial charge in [-0.2, -0.15) is 0 Å². The Kier molecular flexibility index (Phi) is 18.8. The molecule has 1 heterocycles. The molecule has 0 amide bonds. The molecule has 0 aliphatic rings. The largest absolute Gasteiger partial charge is 0.460 e. The van der Waals surface area contributed by atoms with Crippen molar-refractivity contribution >= 4 is 17.9 Å². The summed E-state index contributed by atoms with van der Waals surface area (Å²) in [4.78, 5) is 73.9. The van der Waals surface area contributed by atoms with E-state index < -0.39 is 53.3 Å². The van der Waals surface area contributed by atoms with Gasteiger partial charge < -0.3 is 43.7 Å². The van der Waals surface area contributed by atoms with E-state index in [1.165, 1.54) is 20.8 Å². The number of esters is 3. The van der Waals surface area contributed by atoms with E-state index in [-0.39, 0.29) is 95.8 Å². The first-order valence-electron chi connectivity index (χ1n) is 14.8. The Morgan fingerprint density at radius 1 is 0.521 bits per heavy atom. The highest BCUT2D eigenvalue weighted by atomic mass is 16.6. The van der Waals surface area contributed by atoms with Gasteiger partial charge in [-0.1, -0.05) is 19.7 Å². The summed E-state index contributed by atoms with van der Waals surface area (Å²) in [6.07, 6.45) is -3.61. The van der Waals surface area contributed by atoms with E-state index in [1.807, 2.05) is 0 Å². The smallest absolute Gasteiger partial charge is 0.336 e. The molecule has 0 aliphatic carbocycles. The van der Waals surface area contributed by atoms with E-state index in [4.69, 9.17) is 28.4 Å². The number of nitrogens with zero attached hydrogens (tertiary/aromatic N) is 3. The van der Waals surface area contributed by atoms with Gasteiger partial charge in [0, 0.05) is 16.7 Å². The predicted octanol–water partition coefficient (Wildman–Crippen LogP) is -2.34. The number of hydrogen-bond acceptors (Lipinski definition) is 15. The second-order valence-corrected chi connectivity index (χ2v) is 10.6. The molecule has 1 rings (SSSR count). The van der Waals surface area contributed by atoms with Crippen LogP contribution in [0.4, 0.5) is 0 Å². The van der Waals surface area contributed by atoms with Crippen molar-refractivity contribution in [3.05, 3.63) is 67.9 Å². The Balaban J connectivity index is 2.95. The van der Waals surface area contributed by atoms with Crippen LogP contribution in [-0.4, -0.2) is 125 Å². The molecule has 3 atom stereocenters. The number of rotatable bonds is 24. The Morgan fingerprint density at radius 3 is 0.958 bits per heavy atom. The fraction of sp³-hybridized carbons (Fsp3) is 0.600. The number of carbonyl (C=O) groups is 3. The lowest BCUT2D eigenvalue weighted by atomic mass is 10.3. The number of carbonyl (C=O) groups excluding carboxylic acids is 3. The van der Waals surface area contributed by atoms with Crippen LogP contribution in [0.3, 0.4) is 0 Å². The minimum atomic E-state index is -1.20. The van der Waals surface area contributed by atoms with Crippen molar-refractivity contribution in [3.63, 3.8) is 0 Å². The second-order valence-electron chi connectivity index (χ2n) is 10.6. The van der Waals surface area contributed by atoms with Gasteiger partial charge in [0.2, 0.25) is 0 Å². The first kappa shape index (κ1) is 41.8. The molecular formula is C30H45N3O15. The first-order chi connectivity index (χ1) is 22.6. The van der Waals surface area contributed by atoms with Gasteiger partial charge in [0.05, 0.1) is 59.3 Å². The Bertz CT molecular complexity index is 1260. The number of ether oxygens (including phenoxy) is 6. The zero-order chi connectivity index (χ0) is 36.4. The molecule has 18 nitrogen and oxygen atoms in total. The minimum absolute atomic E-state index is 0.144. The van der Waals surface area contributed by atoms with Crippen LogP contribution in [0, 0.1) is 0 Å². The normalized spacial score (nSPS) is 12.9. The van der Waals surface area contributed by atoms with Crippen molar-refractivity contribution in [3.8, 4) is 0 Å². The monoisotopic (exact) mass is 687 g/mol. The van der Waals surface area contributed by atoms with Crippen LogP contribution >= 0.6 is 0 Å². The lowest BCUT2D eigenvalue weighted by molar-refractivity contribution is -0.143. The molecule has 0 aromatic carbocycles. The van der Waals surface area contributed by atoms with Crippen molar-refractivity contribution in [1.82, 2.24) is 13.7 Å². The Labute approximate surface area is 276 Å². The third-order valence-electron chi connectivity index (χ3n) is 5.96. The standard InChI is InChI=1S/C30H45N3O15/c1-19(2)25(37)46-16-22(34)13-43-10-7-31-28(40)32(8-11-44-14-23(35)17-47-26(38)20(3)4)30(42)33(29(31)41)9-12-45-15-24(36)18-48-27(39)21(5)6/h22-24,34-36H,1,3,5,7-18H2,2,4,6H3. The third-order valence-corrected chi connectivity index (χ3v) is 5.96. The molecule has 0 saturated carbocycles. The predicted molar refractivity (Wildman–Crippen MR) is 167 cm³/mol. The quantitative estimate of drug-likeness (QED) is 0.0447. The number of aromatic nitrogens is 3. The van der Waals surface area contributed by atoms with Crippen molar-refractivity contribution < 1.29 is 58.1 Å². The molecule has 0 aliphatic heterocycles. The highest BCUT2D eigenvalue weighted by Crippen LogP contribution is 1.98. The number of hydrogen-bond donors (Lipinski definition) is 3. The molecule has 48 heavy (non-hydrogen) atoms. The van der Waals surface area contributed by atoms with Gasteiger partial charge >= 0.3 is 35.0 Å². The second kappa shape index (κ2) is 21.6. The fourth-order valence-electron chi connectivity index (χ4n) is 3.41. The van der Waals surface area contributed by atoms with Crippen LogP contribution in [0.15, 0.2) is 50.8 Å². The van der Waals surface area contributed by atoms with Crippen LogP contribution < -0.4 is 17.1 Å². The minimum Gasteiger partial charge on any atom is -0.460 e. The molecule has 0 bridgehead atoms. The van der Waals surface area contributed by atoms with Crippen LogP contribution in [0.1, 0.15) is 20.8 Å². The Hall–Kier alpha value is -4.20. The van der Waals surface area contributed by atoms with Crippen LogP contribution in [0.5, 0.6) is 0 Å². The molecule has 270 valence electrons. The summed E-state index contributed by atoms with van der Waals surface area (Å²) in [6.45, 7) is 10.8. The molecule has 0 saturated heterocycles. The van der Waals surface area contributed by atoms with E-state index in [9.17, 15) is 44.1 Å². The van der Waals surface area contributed by atoms with E-state index in [0.29, 0.717) is 0 Å². The lowest BCUT2D eigenvalue weighted by Gasteiger charge is -2.16. The first-order valence-corrected chi connectivity index (χ1v) is 14.8. The van der Waals surface area contributed by atoms with Crippen molar-refractivity contribution in [1.29, 1.82) is 0 Å². The van der Waals surface area contributed by atoms with Gasteiger partial charge in [-0.05, 0) is 20.8 Å². The van der Waals surface area contributed by atoms with E-state index in [1.54, 1.807) is 0 Å². The third kappa shape index (κ3) is 15.1. The molecule has 0 spiro atoms. The molecule has 1 aromatic heterocycles. The van der Waals surface area contributed by atoms with E-state index in [0.717, 1.165) is 13.7 Å². The maximum absolute atomic E-state index is 13.2. The van der Waals surface area contributed by atoms with Crippen LogP contribution in [0.25, 0.3) is 0 Å². The summed E-state index contributed by atoms with van der Waals surface area (Å²) in [7, 11) is 0. The molecule has 18 heteroatoms. The molecular weight excluding hydrogens is 642 g/mol. The van der Waals surface area contributed by atoms with Crippen LogP contribution in [0.2, 0.25) is 0 Å². The average molecular weight is 688 g/mol. The van der Waals surface area contributed by atoms with Gasteiger partial charge in [-0.15, -0.1) is 0 Å². The number of aliphatic hydroxyl groups excluding tert-OH is 3. The van der Waals surface area contributed by atoms with Gasteiger partial charge in [-0.25, -0.2) is 42.5 Å². The highest BCUT2D eigenvalue weighted by Gasteiger charge is 2.18. The lowest BCUT2D eigenvalue weighted by Crippen LogP contribution is -2.55. The summed E-state index contributed by atoms with van der Waals surface area (Å²) < 4.78 is 32.7. The number of aliphatic hydroxyl groups is 3. The SMILES string of the molecule is C=C(C)C(=O)OCC(O)COCCn1c(=O)n(CCOCC(O)COC(=O)C(=C)C)c(=O)n(CCOCC(O)COC(=O)C(=C)C)c1=O. The Morgan fingerprint density at radius 2 is 0.750 bits per heavy atom. The van der Waals surface area contributed by atoms with Crippen LogP contribution in [-0.2, 0) is 62.4 Å². The van der Waals surface area contributed by atoms with Gasteiger partial charge in [-0.3, -0.25) is 0 Å². The van der Waals surface area contributed by atoms with Gasteiger partial charge in [0.15, 0.2) is 0 Å². The molecule has 0 radical (unpaired) electrons. The molecule has 1 aromatic rings. The average Bonchev–Trinajstić information content (AvgIpc) is 3.03. The van der Waals surface area contributed by atoms with Crippen molar-refractivity contribution in [2.45, 2.75) is 58.7 Å².